The van der Waals surface area contributed by atoms with Crippen LogP contribution in [-0.4, -0.2) is 15.5 Å². The summed E-state index contributed by atoms with van der Waals surface area (Å²) < 4.78 is 1.86. The van der Waals surface area contributed by atoms with Crippen LogP contribution in [0.3, 0.4) is 0 Å². The minimum absolute atomic E-state index is 0.0599. The van der Waals surface area contributed by atoms with Crippen molar-refractivity contribution in [2.75, 3.05) is 5.32 Å². The Balaban J connectivity index is 1.99. The molecule has 0 atom stereocenters. The monoisotopic (exact) mass is 471 g/mol. The van der Waals surface area contributed by atoms with Crippen LogP contribution in [0.5, 0.6) is 0 Å². The molecule has 0 saturated heterocycles. The Morgan fingerprint density at radius 3 is 2.24 bits per heavy atom. The standard InChI is InChI=1S/C28H26ClN3O2/c1-4-19-9-8-10-20(5-2)26(19)31-28(34)25-24(33)17-18(3)32(23-12-7-6-11-22(23)29)27(25)21-13-15-30-16-14-21/h6-17H,4-5H2,1-3H3,(H,31,34). The van der Waals surface area contributed by atoms with Crippen molar-refractivity contribution in [2.24, 2.45) is 0 Å². The van der Waals surface area contributed by atoms with Crippen LogP contribution in [0.4, 0.5) is 5.69 Å². The smallest absolute Gasteiger partial charge is 0.261 e. The van der Waals surface area contributed by atoms with Crippen LogP contribution in [0.25, 0.3) is 16.9 Å². The Kier molecular flexibility index (Phi) is 6.94. The first kappa shape index (κ1) is 23.5. The second-order valence-corrected chi connectivity index (χ2v) is 8.42. The Bertz CT molecular complexity index is 1390. The van der Waals surface area contributed by atoms with Gasteiger partial charge < -0.3 is 9.88 Å². The van der Waals surface area contributed by atoms with Crippen LogP contribution in [0.15, 0.2) is 77.9 Å². The van der Waals surface area contributed by atoms with Crippen molar-refractivity contribution in [3.05, 3.63) is 111 Å². The van der Waals surface area contributed by atoms with Crippen molar-refractivity contribution in [1.82, 2.24) is 9.55 Å². The first-order valence-electron chi connectivity index (χ1n) is 11.3. The summed E-state index contributed by atoms with van der Waals surface area (Å²) >= 11 is 6.56. The van der Waals surface area contributed by atoms with Gasteiger partial charge in [0.15, 0.2) is 5.43 Å². The Labute approximate surface area is 204 Å². The van der Waals surface area contributed by atoms with Gasteiger partial charge in [-0.05, 0) is 55.2 Å². The summed E-state index contributed by atoms with van der Waals surface area (Å²) in [6.45, 7) is 5.92. The molecule has 172 valence electrons. The number of aromatic nitrogens is 2. The van der Waals surface area contributed by atoms with Gasteiger partial charge >= 0.3 is 0 Å². The number of pyridine rings is 2. The molecule has 4 aromatic rings. The Morgan fingerprint density at radius 2 is 1.62 bits per heavy atom. The maximum atomic E-state index is 13.8. The van der Waals surface area contributed by atoms with Crippen molar-refractivity contribution in [2.45, 2.75) is 33.6 Å². The second-order valence-electron chi connectivity index (χ2n) is 8.01. The number of rotatable bonds is 6. The molecule has 0 bridgehead atoms. The summed E-state index contributed by atoms with van der Waals surface area (Å²) in [7, 11) is 0. The molecule has 0 aliphatic rings. The van der Waals surface area contributed by atoms with E-state index in [1.807, 2.05) is 61.7 Å². The molecule has 2 aromatic heterocycles. The highest BCUT2D eigenvalue weighted by Gasteiger charge is 2.24. The number of amides is 1. The van der Waals surface area contributed by atoms with Gasteiger partial charge in [-0.2, -0.15) is 0 Å². The number of hydrogen-bond acceptors (Lipinski definition) is 3. The van der Waals surface area contributed by atoms with Crippen molar-refractivity contribution in [1.29, 1.82) is 0 Å². The third-order valence-electron chi connectivity index (χ3n) is 5.91. The molecule has 2 aromatic carbocycles. The first-order valence-corrected chi connectivity index (χ1v) is 11.7. The average molecular weight is 472 g/mol. The van der Waals surface area contributed by atoms with Gasteiger partial charge in [0, 0.05) is 35.4 Å². The third-order valence-corrected chi connectivity index (χ3v) is 6.23. The van der Waals surface area contributed by atoms with Gasteiger partial charge in [-0.25, -0.2) is 0 Å². The fraction of sp³-hybridized carbons (Fsp3) is 0.179. The predicted octanol–water partition coefficient (Wildman–Crippen LogP) is 6.24. The van der Waals surface area contributed by atoms with Gasteiger partial charge in [0.05, 0.1) is 16.4 Å². The zero-order valence-electron chi connectivity index (χ0n) is 19.4. The molecule has 5 nitrogen and oxygen atoms in total. The van der Waals surface area contributed by atoms with Crippen LogP contribution in [0.1, 0.15) is 41.0 Å². The third kappa shape index (κ3) is 4.39. The highest BCUT2D eigenvalue weighted by molar-refractivity contribution is 6.32. The van der Waals surface area contributed by atoms with Crippen molar-refractivity contribution in [3.63, 3.8) is 0 Å². The minimum Gasteiger partial charge on any atom is -0.321 e. The summed E-state index contributed by atoms with van der Waals surface area (Å²) in [6.07, 6.45) is 4.81. The highest BCUT2D eigenvalue weighted by atomic mass is 35.5. The minimum atomic E-state index is -0.451. The summed E-state index contributed by atoms with van der Waals surface area (Å²) in [5.41, 5.74) is 5.05. The number of nitrogens with zero attached hydrogens (tertiary/aromatic N) is 2. The second kappa shape index (κ2) is 10.1. The predicted molar refractivity (Wildman–Crippen MR) is 138 cm³/mol. The fourth-order valence-corrected chi connectivity index (χ4v) is 4.48. The zero-order valence-corrected chi connectivity index (χ0v) is 20.2. The molecule has 0 aliphatic heterocycles. The number of aryl methyl sites for hydroxylation is 3. The molecule has 0 aliphatic carbocycles. The lowest BCUT2D eigenvalue weighted by atomic mass is 10.0. The molecular weight excluding hydrogens is 446 g/mol. The SMILES string of the molecule is CCc1cccc(CC)c1NC(=O)c1c(-c2ccncc2)n(-c2ccccc2Cl)c(C)cc1=O. The van der Waals surface area contributed by atoms with E-state index in [0.717, 1.165) is 29.7 Å². The number of halogens is 1. The molecule has 6 heteroatoms. The summed E-state index contributed by atoms with van der Waals surface area (Å²) in [5, 5.41) is 3.57. The molecule has 1 N–H and O–H groups in total. The maximum Gasteiger partial charge on any atom is 0.261 e. The number of nitrogens with one attached hydrogen (secondary N) is 1. The molecular formula is C28H26ClN3O2. The molecule has 4 rings (SSSR count). The van der Waals surface area contributed by atoms with Crippen molar-refractivity contribution < 1.29 is 4.79 Å². The van der Waals surface area contributed by atoms with E-state index in [9.17, 15) is 9.59 Å². The van der Waals surface area contributed by atoms with Gasteiger partial charge in [-0.15, -0.1) is 0 Å². The molecule has 0 radical (unpaired) electrons. The molecule has 34 heavy (non-hydrogen) atoms. The normalized spacial score (nSPS) is 10.8. The van der Waals surface area contributed by atoms with Gasteiger partial charge in [0.2, 0.25) is 0 Å². The van der Waals surface area contributed by atoms with E-state index in [2.05, 4.69) is 10.3 Å². The van der Waals surface area contributed by atoms with E-state index in [-0.39, 0.29) is 11.0 Å². The van der Waals surface area contributed by atoms with E-state index in [1.165, 1.54) is 6.07 Å². The van der Waals surface area contributed by atoms with Gasteiger partial charge in [0.1, 0.15) is 5.56 Å². The van der Waals surface area contributed by atoms with Crippen LogP contribution in [0, 0.1) is 6.92 Å². The van der Waals surface area contributed by atoms with E-state index < -0.39 is 5.91 Å². The summed E-state index contributed by atoms with van der Waals surface area (Å²) in [5.74, 6) is -0.451. The average Bonchev–Trinajstić information content (AvgIpc) is 2.85. The summed E-state index contributed by atoms with van der Waals surface area (Å²) in [4.78, 5) is 31.2. The molecule has 0 fully saturated rings. The van der Waals surface area contributed by atoms with Crippen molar-refractivity contribution in [3.8, 4) is 16.9 Å². The Morgan fingerprint density at radius 1 is 0.971 bits per heavy atom. The van der Waals surface area contributed by atoms with Gasteiger partial charge in [0.25, 0.3) is 5.91 Å². The lowest BCUT2D eigenvalue weighted by Gasteiger charge is -2.22. The molecule has 2 heterocycles. The van der Waals surface area contributed by atoms with Crippen LogP contribution in [0.2, 0.25) is 5.02 Å². The topological polar surface area (TPSA) is 64.0 Å². The van der Waals surface area contributed by atoms with E-state index in [1.54, 1.807) is 30.6 Å². The van der Waals surface area contributed by atoms with Gasteiger partial charge in [-0.3, -0.25) is 14.6 Å². The first-order chi connectivity index (χ1) is 16.5. The van der Waals surface area contributed by atoms with Crippen molar-refractivity contribution >= 4 is 23.2 Å². The molecule has 0 saturated carbocycles. The maximum absolute atomic E-state index is 13.8. The fourth-order valence-electron chi connectivity index (χ4n) is 4.26. The van der Waals surface area contributed by atoms with Crippen LogP contribution >= 0.6 is 11.6 Å². The number of carbonyl (C=O) groups is 1. The van der Waals surface area contributed by atoms with Crippen LogP contribution in [-0.2, 0) is 12.8 Å². The Hall–Kier alpha value is -3.70. The van der Waals surface area contributed by atoms with E-state index in [4.69, 9.17) is 11.6 Å². The van der Waals surface area contributed by atoms with E-state index in [0.29, 0.717) is 27.7 Å². The summed E-state index contributed by atoms with van der Waals surface area (Å²) in [6, 6.07) is 18.4. The molecule has 1 amide bonds. The van der Waals surface area contributed by atoms with Crippen LogP contribution < -0.4 is 10.7 Å². The zero-order chi connectivity index (χ0) is 24.2. The number of carbonyl (C=O) groups excluding carboxylic acids is 1. The molecule has 0 spiro atoms. The highest BCUT2D eigenvalue weighted by Crippen LogP contribution is 2.31. The number of para-hydroxylation sites is 2. The number of anilines is 1. The number of hydrogen-bond donors (Lipinski definition) is 1. The molecule has 0 unspecified atom stereocenters. The van der Waals surface area contributed by atoms with Gasteiger partial charge in [-0.1, -0.05) is 55.8 Å². The van der Waals surface area contributed by atoms with E-state index >= 15 is 0 Å². The largest absolute Gasteiger partial charge is 0.321 e. The quantitative estimate of drug-likeness (QED) is 0.362. The lowest BCUT2D eigenvalue weighted by molar-refractivity contribution is 0.102. The number of benzene rings is 2. The lowest BCUT2D eigenvalue weighted by Crippen LogP contribution is -2.27.